The predicted molar refractivity (Wildman–Crippen MR) is 58.4 cm³/mol. The minimum Gasteiger partial charge on any atom is -0.364 e. The number of thiazole rings is 1. The highest BCUT2D eigenvalue weighted by molar-refractivity contribution is 7.11. The van der Waals surface area contributed by atoms with Crippen LogP contribution < -0.4 is 5.73 Å². The predicted octanol–water partition coefficient (Wildman–Crippen LogP) is 2.22. The van der Waals surface area contributed by atoms with Gasteiger partial charge in [-0.3, -0.25) is 4.79 Å². The number of hydrogen-bond acceptors (Lipinski definition) is 3. The lowest BCUT2D eigenvalue weighted by atomic mass is 9.90. The molecular weight excluding hydrogens is 196 g/mol. The van der Waals surface area contributed by atoms with Crippen LogP contribution in [0.3, 0.4) is 0 Å². The number of aromatic nitrogens is 1. The van der Waals surface area contributed by atoms with Crippen molar-refractivity contribution in [2.24, 2.45) is 11.1 Å². The maximum Gasteiger partial charge on any atom is 0.277 e. The van der Waals surface area contributed by atoms with Crippen LogP contribution in [0.15, 0.2) is 5.38 Å². The molecule has 14 heavy (non-hydrogen) atoms. The third-order valence-electron chi connectivity index (χ3n) is 1.89. The normalized spacial score (nSPS) is 11.6. The number of primary amides is 1. The van der Waals surface area contributed by atoms with Gasteiger partial charge in [0.15, 0.2) is 5.01 Å². The zero-order valence-electron chi connectivity index (χ0n) is 8.83. The van der Waals surface area contributed by atoms with Crippen molar-refractivity contribution in [2.45, 2.75) is 33.6 Å². The Morgan fingerprint density at radius 1 is 1.57 bits per heavy atom. The summed E-state index contributed by atoms with van der Waals surface area (Å²) < 4.78 is 0. The summed E-state index contributed by atoms with van der Waals surface area (Å²) in [4.78, 5) is 14.9. The van der Waals surface area contributed by atoms with Crippen molar-refractivity contribution in [3.8, 4) is 0 Å². The first-order valence-electron chi connectivity index (χ1n) is 4.63. The van der Waals surface area contributed by atoms with Crippen LogP contribution in [0.2, 0.25) is 0 Å². The lowest BCUT2D eigenvalue weighted by Gasteiger charge is -2.16. The van der Waals surface area contributed by atoms with Crippen LogP contribution in [0.25, 0.3) is 0 Å². The Hall–Kier alpha value is -0.900. The van der Waals surface area contributed by atoms with E-state index in [1.807, 2.05) is 5.38 Å². The number of rotatable bonds is 3. The molecule has 0 spiro atoms. The van der Waals surface area contributed by atoms with Gasteiger partial charge in [0.2, 0.25) is 0 Å². The number of amides is 1. The molecule has 1 amide bonds. The fourth-order valence-electron chi connectivity index (χ4n) is 1.04. The van der Waals surface area contributed by atoms with Gasteiger partial charge in [-0.15, -0.1) is 11.3 Å². The Morgan fingerprint density at radius 3 is 2.64 bits per heavy atom. The summed E-state index contributed by atoms with van der Waals surface area (Å²) in [6.45, 7) is 6.57. The highest BCUT2D eigenvalue weighted by Crippen LogP contribution is 2.22. The van der Waals surface area contributed by atoms with Crippen molar-refractivity contribution < 1.29 is 4.79 Å². The molecule has 2 N–H and O–H groups in total. The SMILES string of the molecule is CC(C)(C)CCc1csc(C(N)=O)n1. The van der Waals surface area contributed by atoms with Gasteiger partial charge in [0.1, 0.15) is 0 Å². The fourth-order valence-corrected chi connectivity index (χ4v) is 1.74. The summed E-state index contributed by atoms with van der Waals surface area (Å²) in [5.41, 5.74) is 6.39. The third kappa shape index (κ3) is 3.46. The molecule has 3 nitrogen and oxygen atoms in total. The monoisotopic (exact) mass is 212 g/mol. The Bertz CT molecular complexity index is 325. The van der Waals surface area contributed by atoms with Crippen molar-refractivity contribution in [3.05, 3.63) is 16.1 Å². The van der Waals surface area contributed by atoms with E-state index in [9.17, 15) is 4.79 Å². The van der Waals surface area contributed by atoms with E-state index in [0.29, 0.717) is 10.4 Å². The van der Waals surface area contributed by atoms with Crippen LogP contribution in [0.1, 0.15) is 42.7 Å². The van der Waals surface area contributed by atoms with Gasteiger partial charge < -0.3 is 5.73 Å². The van der Waals surface area contributed by atoms with Gasteiger partial charge in [-0.2, -0.15) is 0 Å². The molecule has 1 heterocycles. The zero-order chi connectivity index (χ0) is 10.8. The molecule has 0 saturated heterocycles. The molecule has 0 atom stereocenters. The Kier molecular flexibility index (Phi) is 3.26. The molecular formula is C10H16N2OS. The first kappa shape index (κ1) is 11.2. The maximum absolute atomic E-state index is 10.8. The molecule has 0 aliphatic rings. The minimum absolute atomic E-state index is 0.302. The number of carbonyl (C=O) groups is 1. The highest BCUT2D eigenvalue weighted by atomic mass is 32.1. The van der Waals surface area contributed by atoms with Gasteiger partial charge in [-0.1, -0.05) is 20.8 Å². The van der Waals surface area contributed by atoms with Gasteiger partial charge >= 0.3 is 0 Å². The van der Waals surface area contributed by atoms with E-state index in [4.69, 9.17) is 5.73 Å². The van der Waals surface area contributed by atoms with Crippen LogP contribution in [-0.2, 0) is 6.42 Å². The molecule has 0 aromatic carbocycles. The molecule has 78 valence electrons. The first-order valence-corrected chi connectivity index (χ1v) is 5.51. The second-order valence-corrected chi connectivity index (χ2v) is 5.43. The first-order chi connectivity index (χ1) is 6.38. The van der Waals surface area contributed by atoms with Crippen molar-refractivity contribution in [1.29, 1.82) is 0 Å². The van der Waals surface area contributed by atoms with E-state index in [2.05, 4.69) is 25.8 Å². The molecule has 0 unspecified atom stereocenters. The van der Waals surface area contributed by atoms with Gasteiger partial charge in [-0.25, -0.2) is 4.98 Å². The molecule has 0 saturated carbocycles. The molecule has 1 rings (SSSR count). The molecule has 0 bridgehead atoms. The molecule has 0 aliphatic heterocycles. The Balaban J connectivity index is 2.56. The van der Waals surface area contributed by atoms with E-state index in [-0.39, 0.29) is 0 Å². The average Bonchev–Trinajstić information content (AvgIpc) is 2.47. The fraction of sp³-hybridized carbons (Fsp3) is 0.600. The Morgan fingerprint density at radius 2 is 2.21 bits per heavy atom. The number of aryl methyl sites for hydroxylation is 1. The third-order valence-corrected chi connectivity index (χ3v) is 2.80. The van der Waals surface area contributed by atoms with Gasteiger partial charge in [-0.05, 0) is 18.3 Å². The quantitative estimate of drug-likeness (QED) is 0.835. The van der Waals surface area contributed by atoms with Crippen LogP contribution in [0, 0.1) is 5.41 Å². The van der Waals surface area contributed by atoms with E-state index >= 15 is 0 Å². The number of carbonyl (C=O) groups excluding carboxylic acids is 1. The van der Waals surface area contributed by atoms with E-state index in [1.165, 1.54) is 11.3 Å². The molecule has 1 aromatic heterocycles. The van der Waals surface area contributed by atoms with E-state index in [0.717, 1.165) is 18.5 Å². The summed E-state index contributed by atoms with van der Waals surface area (Å²) in [6.07, 6.45) is 1.97. The highest BCUT2D eigenvalue weighted by Gasteiger charge is 2.12. The molecule has 0 fully saturated rings. The van der Waals surface area contributed by atoms with E-state index < -0.39 is 5.91 Å². The lowest BCUT2D eigenvalue weighted by Crippen LogP contribution is -2.11. The Labute approximate surface area is 88.3 Å². The molecule has 1 aromatic rings. The van der Waals surface area contributed by atoms with Crippen molar-refractivity contribution >= 4 is 17.2 Å². The van der Waals surface area contributed by atoms with Gasteiger partial charge in [0, 0.05) is 5.38 Å². The second-order valence-electron chi connectivity index (χ2n) is 4.57. The largest absolute Gasteiger partial charge is 0.364 e. The van der Waals surface area contributed by atoms with Crippen molar-refractivity contribution in [3.63, 3.8) is 0 Å². The summed E-state index contributed by atoms with van der Waals surface area (Å²) in [5, 5.41) is 2.32. The number of hydrogen-bond donors (Lipinski definition) is 1. The van der Waals surface area contributed by atoms with Gasteiger partial charge in [0.25, 0.3) is 5.91 Å². The zero-order valence-corrected chi connectivity index (χ0v) is 9.65. The lowest BCUT2D eigenvalue weighted by molar-refractivity contribution is 0.1000. The van der Waals surface area contributed by atoms with Crippen molar-refractivity contribution in [2.75, 3.05) is 0 Å². The molecule has 4 heteroatoms. The smallest absolute Gasteiger partial charge is 0.277 e. The second kappa shape index (κ2) is 4.09. The summed E-state index contributed by atoms with van der Waals surface area (Å²) >= 11 is 1.32. The van der Waals surface area contributed by atoms with Crippen LogP contribution in [0.4, 0.5) is 0 Å². The summed E-state index contributed by atoms with van der Waals surface area (Å²) in [7, 11) is 0. The van der Waals surface area contributed by atoms with Crippen molar-refractivity contribution in [1.82, 2.24) is 4.98 Å². The summed E-state index contributed by atoms with van der Waals surface area (Å²) in [5.74, 6) is -0.433. The maximum atomic E-state index is 10.8. The van der Waals surface area contributed by atoms with Crippen LogP contribution in [-0.4, -0.2) is 10.9 Å². The summed E-state index contributed by atoms with van der Waals surface area (Å²) in [6, 6.07) is 0. The van der Waals surface area contributed by atoms with Gasteiger partial charge in [0.05, 0.1) is 5.69 Å². The minimum atomic E-state index is -0.433. The molecule has 0 radical (unpaired) electrons. The van der Waals surface area contributed by atoms with E-state index in [1.54, 1.807) is 0 Å². The average molecular weight is 212 g/mol. The standard InChI is InChI=1S/C10H16N2OS/c1-10(2,3)5-4-7-6-14-9(12-7)8(11)13/h6H,4-5H2,1-3H3,(H2,11,13). The number of nitrogens with two attached hydrogens (primary N) is 1. The number of nitrogens with zero attached hydrogens (tertiary/aromatic N) is 1. The van der Waals surface area contributed by atoms with Crippen LogP contribution in [0.5, 0.6) is 0 Å². The molecule has 0 aliphatic carbocycles. The topological polar surface area (TPSA) is 56.0 Å². The van der Waals surface area contributed by atoms with Crippen LogP contribution >= 0.6 is 11.3 Å².